The van der Waals surface area contributed by atoms with E-state index in [2.05, 4.69) is 15.9 Å². The first kappa shape index (κ1) is 19.3. The number of alkyl halides is 1. The molecule has 0 aliphatic heterocycles. The van der Waals surface area contributed by atoms with Gasteiger partial charge in [0, 0.05) is 10.6 Å². The second-order valence-electron chi connectivity index (χ2n) is 5.88. The van der Waals surface area contributed by atoms with Gasteiger partial charge in [0.1, 0.15) is 0 Å². The number of benzene rings is 3. The maximum absolute atomic E-state index is 13.1. The van der Waals surface area contributed by atoms with Gasteiger partial charge in [0.2, 0.25) is 5.78 Å². The number of carbonyl (C=O) groups is 2. The van der Waals surface area contributed by atoms with Crippen molar-refractivity contribution >= 4 is 39.3 Å². The van der Waals surface area contributed by atoms with Crippen LogP contribution in [0.15, 0.2) is 84.9 Å². The van der Waals surface area contributed by atoms with Crippen LogP contribution >= 0.6 is 27.5 Å². The van der Waals surface area contributed by atoms with Gasteiger partial charge in [-0.15, -0.1) is 0 Å². The molecule has 0 saturated heterocycles. The van der Waals surface area contributed by atoms with Gasteiger partial charge < -0.3 is 4.74 Å². The molecule has 0 aliphatic carbocycles. The highest BCUT2D eigenvalue weighted by Gasteiger charge is 2.32. The molecule has 0 fully saturated rings. The van der Waals surface area contributed by atoms with Crippen molar-refractivity contribution in [3.8, 4) is 0 Å². The fourth-order valence-electron chi connectivity index (χ4n) is 2.62. The molecule has 0 aliphatic rings. The molecule has 2 atom stereocenters. The number of hydrogen-bond donors (Lipinski definition) is 0. The van der Waals surface area contributed by atoms with E-state index in [1.807, 2.05) is 36.4 Å². The van der Waals surface area contributed by atoms with Crippen molar-refractivity contribution in [3.05, 3.63) is 107 Å². The summed E-state index contributed by atoms with van der Waals surface area (Å²) in [6, 6.07) is 24.6. The Kier molecular flexibility index (Phi) is 6.43. The summed E-state index contributed by atoms with van der Waals surface area (Å²) in [6.45, 7) is 0. The number of halogens is 2. The van der Waals surface area contributed by atoms with Crippen LogP contribution in [0.4, 0.5) is 0 Å². The van der Waals surface area contributed by atoms with E-state index >= 15 is 0 Å². The molecule has 0 aromatic heterocycles. The van der Waals surface area contributed by atoms with E-state index in [1.165, 1.54) is 6.07 Å². The van der Waals surface area contributed by atoms with Crippen LogP contribution in [0.25, 0.3) is 0 Å². The molecule has 0 unspecified atom stereocenters. The highest BCUT2D eigenvalue weighted by Crippen LogP contribution is 2.31. The lowest BCUT2D eigenvalue weighted by Crippen LogP contribution is -2.31. The molecular formula is C22H16BrClO3. The molecule has 3 aromatic rings. The van der Waals surface area contributed by atoms with Crippen molar-refractivity contribution < 1.29 is 14.3 Å². The number of hydrogen-bond acceptors (Lipinski definition) is 3. The number of ketones is 1. The topological polar surface area (TPSA) is 43.4 Å². The standard InChI is InChI=1S/C22H16BrClO3/c23-19(15-8-3-1-4-9-15)21(20(25)16-10-5-2-6-11-16)27-22(26)17-12-7-13-18(24)14-17/h1-14,19,21H/t19-,21+/m1/s1. The van der Waals surface area contributed by atoms with E-state index in [1.54, 1.807) is 42.5 Å². The first-order valence-electron chi connectivity index (χ1n) is 8.31. The third-order valence-electron chi connectivity index (χ3n) is 3.99. The molecule has 0 saturated carbocycles. The summed E-state index contributed by atoms with van der Waals surface area (Å²) in [7, 11) is 0. The lowest BCUT2D eigenvalue weighted by atomic mass is 9.99. The van der Waals surface area contributed by atoms with Gasteiger partial charge in [-0.2, -0.15) is 0 Å². The average Bonchev–Trinajstić information content (AvgIpc) is 2.72. The van der Waals surface area contributed by atoms with E-state index in [9.17, 15) is 9.59 Å². The number of rotatable bonds is 6. The van der Waals surface area contributed by atoms with E-state index in [-0.39, 0.29) is 5.78 Å². The van der Waals surface area contributed by atoms with Crippen molar-refractivity contribution in [2.24, 2.45) is 0 Å². The Hall–Kier alpha value is -2.43. The van der Waals surface area contributed by atoms with Crippen molar-refractivity contribution in [2.45, 2.75) is 10.9 Å². The molecule has 3 rings (SSSR count). The lowest BCUT2D eigenvalue weighted by Gasteiger charge is -2.22. The van der Waals surface area contributed by atoms with Crippen LogP contribution in [0.5, 0.6) is 0 Å². The van der Waals surface area contributed by atoms with Gasteiger partial charge in [-0.1, -0.05) is 94.3 Å². The SMILES string of the molecule is O=C(O[C@H](C(=O)c1ccccc1)[C@H](Br)c1ccccc1)c1cccc(Cl)c1. The molecule has 3 nitrogen and oxygen atoms in total. The van der Waals surface area contributed by atoms with Gasteiger partial charge >= 0.3 is 5.97 Å². The summed E-state index contributed by atoms with van der Waals surface area (Å²) in [5.41, 5.74) is 1.61. The van der Waals surface area contributed by atoms with Gasteiger partial charge in [0.25, 0.3) is 0 Å². The van der Waals surface area contributed by atoms with Crippen LogP contribution in [-0.4, -0.2) is 17.9 Å². The molecule has 0 N–H and O–H groups in total. The summed E-state index contributed by atoms with van der Waals surface area (Å²) < 4.78 is 5.63. The van der Waals surface area contributed by atoms with E-state index in [4.69, 9.17) is 16.3 Å². The maximum Gasteiger partial charge on any atom is 0.338 e. The number of esters is 1. The Morgan fingerprint density at radius 1 is 0.815 bits per heavy atom. The number of carbonyl (C=O) groups excluding carboxylic acids is 2. The normalized spacial score (nSPS) is 12.8. The molecule has 0 radical (unpaired) electrons. The second-order valence-corrected chi connectivity index (χ2v) is 7.30. The van der Waals surface area contributed by atoms with Crippen molar-refractivity contribution in [2.75, 3.05) is 0 Å². The van der Waals surface area contributed by atoms with Crippen LogP contribution in [0.3, 0.4) is 0 Å². The molecule has 27 heavy (non-hydrogen) atoms. The zero-order valence-corrected chi connectivity index (χ0v) is 16.6. The van der Waals surface area contributed by atoms with Crippen molar-refractivity contribution in [3.63, 3.8) is 0 Å². The zero-order chi connectivity index (χ0) is 19.2. The minimum absolute atomic E-state index is 0.281. The van der Waals surface area contributed by atoms with E-state index in [0.717, 1.165) is 5.56 Å². The molecule has 0 amide bonds. The minimum Gasteiger partial charge on any atom is -0.449 e. The number of Topliss-reactive ketones (excluding diaryl/α,β-unsaturated/α-hetero) is 1. The lowest BCUT2D eigenvalue weighted by molar-refractivity contribution is 0.0282. The predicted molar refractivity (Wildman–Crippen MR) is 110 cm³/mol. The van der Waals surface area contributed by atoms with Crippen LogP contribution < -0.4 is 0 Å². The van der Waals surface area contributed by atoms with Gasteiger partial charge in [-0.3, -0.25) is 4.79 Å². The Morgan fingerprint density at radius 2 is 1.41 bits per heavy atom. The van der Waals surface area contributed by atoms with Gasteiger partial charge in [0.15, 0.2) is 6.10 Å². The van der Waals surface area contributed by atoms with Crippen LogP contribution in [0.1, 0.15) is 31.1 Å². The summed E-state index contributed by atoms with van der Waals surface area (Å²) in [5.74, 6) is -0.885. The molecule has 5 heteroatoms. The highest BCUT2D eigenvalue weighted by molar-refractivity contribution is 9.09. The van der Waals surface area contributed by atoms with Crippen LogP contribution in [0, 0.1) is 0 Å². The van der Waals surface area contributed by atoms with E-state index < -0.39 is 16.9 Å². The summed E-state index contributed by atoms with van der Waals surface area (Å²) >= 11 is 9.50. The second kappa shape index (κ2) is 8.98. The molecule has 3 aromatic carbocycles. The first-order valence-corrected chi connectivity index (χ1v) is 9.60. The van der Waals surface area contributed by atoms with Gasteiger partial charge in [-0.05, 0) is 23.8 Å². The Morgan fingerprint density at radius 3 is 2.04 bits per heavy atom. The fraction of sp³-hybridized carbons (Fsp3) is 0.0909. The smallest absolute Gasteiger partial charge is 0.338 e. The monoisotopic (exact) mass is 442 g/mol. The fourth-order valence-corrected chi connectivity index (χ4v) is 3.47. The minimum atomic E-state index is -1.03. The summed E-state index contributed by atoms with van der Waals surface area (Å²) in [4.78, 5) is 25.2. The molecular weight excluding hydrogens is 428 g/mol. The maximum atomic E-state index is 13.1. The Balaban J connectivity index is 1.92. The van der Waals surface area contributed by atoms with Crippen molar-refractivity contribution in [1.29, 1.82) is 0 Å². The number of ether oxygens (including phenoxy) is 1. The summed E-state index contributed by atoms with van der Waals surface area (Å²) in [5, 5.41) is 0.425. The average molecular weight is 444 g/mol. The van der Waals surface area contributed by atoms with Crippen LogP contribution in [0.2, 0.25) is 5.02 Å². The predicted octanol–water partition coefficient (Wildman–Crippen LogP) is 5.88. The summed E-state index contributed by atoms with van der Waals surface area (Å²) in [6.07, 6.45) is -1.03. The Labute approximate surface area is 171 Å². The van der Waals surface area contributed by atoms with Gasteiger partial charge in [-0.25, -0.2) is 4.79 Å². The zero-order valence-electron chi connectivity index (χ0n) is 14.2. The van der Waals surface area contributed by atoms with Crippen molar-refractivity contribution in [1.82, 2.24) is 0 Å². The molecule has 136 valence electrons. The quantitative estimate of drug-likeness (QED) is 0.271. The molecule has 0 spiro atoms. The van der Waals surface area contributed by atoms with Crippen LogP contribution in [-0.2, 0) is 4.74 Å². The van der Waals surface area contributed by atoms with E-state index in [0.29, 0.717) is 16.1 Å². The largest absolute Gasteiger partial charge is 0.449 e. The first-order chi connectivity index (χ1) is 13.1. The highest BCUT2D eigenvalue weighted by atomic mass is 79.9. The van der Waals surface area contributed by atoms with Gasteiger partial charge in [0.05, 0.1) is 10.4 Å². The third-order valence-corrected chi connectivity index (χ3v) is 5.24. The molecule has 0 heterocycles. The Bertz CT molecular complexity index is 929. The molecule has 0 bridgehead atoms. The third kappa shape index (κ3) is 4.85.